The Kier molecular flexibility index (Phi) is 13.6. The van der Waals surface area contributed by atoms with Gasteiger partial charge in [0.15, 0.2) is 11.5 Å². The van der Waals surface area contributed by atoms with Gasteiger partial charge in [-0.25, -0.2) is 9.59 Å². The number of carbonyl (C=O) groups is 4. The molecule has 214 valence electrons. The largest absolute Gasteiger partial charge is 0.513 e. The lowest BCUT2D eigenvalue weighted by Gasteiger charge is -2.31. The molecule has 0 saturated carbocycles. The van der Waals surface area contributed by atoms with Crippen molar-refractivity contribution in [3.63, 3.8) is 0 Å². The molecule has 0 aliphatic rings. The summed E-state index contributed by atoms with van der Waals surface area (Å²) in [6, 6.07) is 2.81. The average molecular weight is 540 g/mol. The van der Waals surface area contributed by atoms with E-state index in [1.807, 2.05) is 34.6 Å². The fourth-order valence-corrected chi connectivity index (χ4v) is 3.47. The van der Waals surface area contributed by atoms with Crippen molar-refractivity contribution in [2.45, 2.75) is 79.4 Å². The molecule has 0 bridgehead atoms. The van der Waals surface area contributed by atoms with Crippen LogP contribution >= 0.6 is 0 Å². The van der Waals surface area contributed by atoms with Crippen LogP contribution in [0.4, 0.5) is 9.59 Å². The van der Waals surface area contributed by atoms with Gasteiger partial charge in [0.25, 0.3) is 0 Å². The van der Waals surface area contributed by atoms with Crippen molar-refractivity contribution in [2.24, 2.45) is 23.5 Å². The molecule has 3 N–H and O–H groups in total. The molecule has 0 radical (unpaired) electrons. The van der Waals surface area contributed by atoms with Gasteiger partial charge < -0.3 is 34.5 Å². The number of nitrogens with two attached hydrogens (primary N) is 1. The van der Waals surface area contributed by atoms with Gasteiger partial charge in [-0.05, 0) is 42.9 Å². The van der Waals surface area contributed by atoms with Crippen molar-refractivity contribution in [2.75, 3.05) is 13.2 Å². The summed E-state index contributed by atoms with van der Waals surface area (Å²) in [4.78, 5) is 48.4. The maximum atomic E-state index is 12.3. The van der Waals surface area contributed by atoms with Crippen LogP contribution in [0.25, 0.3) is 0 Å². The highest BCUT2D eigenvalue weighted by molar-refractivity contribution is 5.75. The first-order valence-corrected chi connectivity index (χ1v) is 12.8. The van der Waals surface area contributed by atoms with Crippen LogP contribution < -0.4 is 15.2 Å². The highest BCUT2D eigenvalue weighted by Crippen LogP contribution is 2.37. The van der Waals surface area contributed by atoms with Crippen LogP contribution in [0.3, 0.4) is 0 Å². The molecule has 0 aliphatic carbocycles. The zero-order valence-corrected chi connectivity index (χ0v) is 23.2. The number of carbonyl (C=O) groups excluding carboxylic acids is 3. The summed E-state index contributed by atoms with van der Waals surface area (Å²) >= 11 is 0. The third-order valence-corrected chi connectivity index (χ3v) is 5.56. The highest BCUT2D eigenvalue weighted by Gasteiger charge is 2.36. The molecule has 11 nitrogen and oxygen atoms in total. The van der Waals surface area contributed by atoms with E-state index in [0.717, 1.165) is 0 Å². The Balaban J connectivity index is 3.40. The number of rotatable bonds is 14. The Morgan fingerprint density at radius 3 is 1.87 bits per heavy atom. The second kappa shape index (κ2) is 15.8. The molecule has 11 heteroatoms. The van der Waals surface area contributed by atoms with Crippen molar-refractivity contribution in [3.05, 3.63) is 23.8 Å². The zero-order valence-electron chi connectivity index (χ0n) is 23.2. The first kappa shape index (κ1) is 32.7. The second-order valence-corrected chi connectivity index (χ2v) is 10.0. The van der Waals surface area contributed by atoms with E-state index in [2.05, 4.69) is 0 Å². The minimum absolute atomic E-state index is 0.0475. The Labute approximate surface area is 223 Å². The Bertz CT molecular complexity index is 946. The fourth-order valence-electron chi connectivity index (χ4n) is 3.47. The topological polar surface area (TPSA) is 161 Å². The molecule has 38 heavy (non-hydrogen) atoms. The number of benzene rings is 1. The first-order chi connectivity index (χ1) is 17.8. The summed E-state index contributed by atoms with van der Waals surface area (Å²) in [6.07, 6.45) is -1.89. The maximum Gasteiger partial charge on any atom is 0.513 e. The lowest BCUT2D eigenvalue weighted by atomic mass is 9.79. The summed E-state index contributed by atoms with van der Waals surface area (Å²) in [5.41, 5.74) is 6.42. The smallest absolute Gasteiger partial charge is 0.480 e. The van der Waals surface area contributed by atoms with Crippen LogP contribution in [0.5, 0.6) is 11.5 Å². The molecule has 0 aromatic heterocycles. The van der Waals surface area contributed by atoms with Gasteiger partial charge in [0.05, 0.1) is 13.2 Å². The molecule has 0 amide bonds. The molecule has 1 aromatic rings. The third-order valence-electron chi connectivity index (χ3n) is 5.56. The summed E-state index contributed by atoms with van der Waals surface area (Å²) in [5.74, 6) is -3.31. The Hall–Kier alpha value is -3.34. The van der Waals surface area contributed by atoms with Crippen LogP contribution in [-0.4, -0.2) is 54.7 Å². The number of hydrogen-bond donors (Lipinski definition) is 2. The second-order valence-electron chi connectivity index (χ2n) is 10.0. The predicted octanol–water partition coefficient (Wildman–Crippen LogP) is 4.89. The molecule has 1 aromatic carbocycles. The van der Waals surface area contributed by atoms with Crippen LogP contribution in [0.15, 0.2) is 18.2 Å². The number of carboxylic acid groups (broad SMARTS) is 1. The molecule has 0 saturated heterocycles. The van der Waals surface area contributed by atoms with Gasteiger partial charge in [0, 0.05) is 18.3 Å². The average Bonchev–Trinajstić information content (AvgIpc) is 2.82. The minimum atomic E-state index is -1.39. The van der Waals surface area contributed by atoms with E-state index in [4.69, 9.17) is 29.4 Å². The first-order valence-electron chi connectivity index (χ1n) is 12.8. The number of ether oxygens (including phenoxy) is 5. The molecular weight excluding hydrogens is 498 g/mol. The van der Waals surface area contributed by atoms with Gasteiger partial charge in [0.2, 0.25) is 0 Å². The predicted molar refractivity (Wildman–Crippen MR) is 138 cm³/mol. The van der Waals surface area contributed by atoms with Crippen molar-refractivity contribution in [3.8, 4) is 11.5 Å². The number of hydrogen-bond acceptors (Lipinski definition) is 10. The van der Waals surface area contributed by atoms with Gasteiger partial charge in [0.1, 0.15) is 12.1 Å². The summed E-state index contributed by atoms with van der Waals surface area (Å²) in [6.45, 7) is 12.8. The quantitative estimate of drug-likeness (QED) is 0.188. The van der Waals surface area contributed by atoms with Gasteiger partial charge >= 0.3 is 24.2 Å². The molecule has 0 heterocycles. The van der Waals surface area contributed by atoms with E-state index in [1.165, 1.54) is 18.2 Å². The minimum Gasteiger partial charge on any atom is -0.480 e. The van der Waals surface area contributed by atoms with Gasteiger partial charge in [-0.2, -0.15) is 0 Å². The third kappa shape index (κ3) is 11.0. The van der Waals surface area contributed by atoms with Gasteiger partial charge in [-0.1, -0.05) is 47.6 Å². The van der Waals surface area contributed by atoms with E-state index in [-0.39, 0.29) is 43.0 Å². The van der Waals surface area contributed by atoms with E-state index >= 15 is 0 Å². The van der Waals surface area contributed by atoms with Crippen LogP contribution in [-0.2, 0) is 23.8 Å². The number of aliphatic carboxylic acids is 1. The molecule has 1 rings (SSSR count). The summed E-state index contributed by atoms with van der Waals surface area (Å²) in [5, 5.41) is 9.70. The highest BCUT2D eigenvalue weighted by atomic mass is 16.7. The van der Waals surface area contributed by atoms with Gasteiger partial charge in [-0.3, -0.25) is 9.59 Å². The van der Waals surface area contributed by atoms with Crippen molar-refractivity contribution >= 4 is 24.2 Å². The number of carboxylic acids is 1. The van der Waals surface area contributed by atoms with Crippen molar-refractivity contribution in [1.82, 2.24) is 0 Å². The number of esters is 1. The van der Waals surface area contributed by atoms with Gasteiger partial charge in [-0.15, -0.1) is 0 Å². The molecule has 0 spiro atoms. The monoisotopic (exact) mass is 539 g/mol. The van der Waals surface area contributed by atoms with E-state index in [0.29, 0.717) is 12.0 Å². The molecule has 3 unspecified atom stereocenters. The normalized spacial score (nSPS) is 14.3. The van der Waals surface area contributed by atoms with Crippen molar-refractivity contribution < 1.29 is 48.0 Å². The summed E-state index contributed by atoms with van der Waals surface area (Å²) < 4.78 is 26.2. The standard InChI is InChI=1S/C27H41NO10/c1-8-9-22(29)36-18(7)17(6)23(24(28)25(30)31)19-10-11-20(37-26(32)34-13-15(2)3)21(12-19)38-27(33)35-14-16(4)5/h10-12,15-18,23-24H,8-9,13-14,28H2,1-7H3,(H,30,31)/t17?,18?,23?,24-/m0/s1. The lowest BCUT2D eigenvalue weighted by molar-refractivity contribution is -0.151. The zero-order chi connectivity index (χ0) is 29.0. The van der Waals surface area contributed by atoms with Crippen LogP contribution in [0.2, 0.25) is 0 Å². The van der Waals surface area contributed by atoms with Crippen molar-refractivity contribution in [1.29, 1.82) is 0 Å². The molecular formula is C27H41NO10. The summed E-state index contributed by atoms with van der Waals surface area (Å²) in [7, 11) is 0. The van der Waals surface area contributed by atoms with E-state index in [1.54, 1.807) is 13.8 Å². The van der Waals surface area contributed by atoms with Crippen LogP contribution in [0.1, 0.15) is 72.8 Å². The lowest BCUT2D eigenvalue weighted by Crippen LogP contribution is -2.42. The molecule has 0 aliphatic heterocycles. The SMILES string of the molecule is CCCC(=O)OC(C)C(C)C(c1ccc(OC(=O)OCC(C)C)c(OC(=O)OCC(C)C)c1)[C@H](N)C(=O)O. The maximum absolute atomic E-state index is 12.3. The van der Waals surface area contributed by atoms with E-state index < -0.39 is 48.2 Å². The van der Waals surface area contributed by atoms with Crippen LogP contribution in [0, 0.1) is 17.8 Å². The fraction of sp³-hybridized carbons (Fsp3) is 0.630. The van der Waals surface area contributed by atoms with E-state index in [9.17, 15) is 24.3 Å². The Morgan fingerprint density at radius 1 is 0.868 bits per heavy atom. The molecule has 4 atom stereocenters. The molecule has 0 fully saturated rings. The Morgan fingerprint density at radius 2 is 1.39 bits per heavy atom.